The number of anilines is 1. The van der Waals surface area contributed by atoms with E-state index in [1.807, 2.05) is 6.07 Å². The van der Waals surface area contributed by atoms with Crippen molar-refractivity contribution in [2.75, 3.05) is 12.4 Å². The number of aryl methyl sites for hydroxylation is 1. The maximum absolute atomic E-state index is 5.30. The van der Waals surface area contributed by atoms with E-state index in [1.165, 1.54) is 11.9 Å². The van der Waals surface area contributed by atoms with Crippen molar-refractivity contribution < 1.29 is 4.74 Å². The zero-order chi connectivity index (χ0) is 15.8. The van der Waals surface area contributed by atoms with Crippen LogP contribution in [0.3, 0.4) is 0 Å². The smallest absolute Gasteiger partial charge is 0.218 e. The minimum absolute atomic E-state index is 0.268. The molecule has 0 aliphatic carbocycles. The summed E-state index contributed by atoms with van der Waals surface area (Å²) in [5, 5.41) is 6.83. The van der Waals surface area contributed by atoms with Crippen LogP contribution in [0.15, 0.2) is 42.7 Å². The fourth-order valence-electron chi connectivity index (χ4n) is 2.00. The molecule has 0 fully saturated rings. The van der Waals surface area contributed by atoms with Crippen LogP contribution in [0.5, 0.6) is 5.88 Å². The molecule has 0 spiro atoms. The molecule has 1 heterocycles. The van der Waals surface area contributed by atoms with Crippen LogP contribution in [0.2, 0.25) is 0 Å². The predicted molar refractivity (Wildman–Crippen MR) is 92.2 cm³/mol. The van der Waals surface area contributed by atoms with Gasteiger partial charge in [-0.05, 0) is 37.5 Å². The van der Waals surface area contributed by atoms with Gasteiger partial charge in [-0.25, -0.2) is 9.97 Å². The normalized spacial score (nSPS) is 11.5. The molecule has 2 aromatic rings. The molecule has 22 heavy (non-hydrogen) atoms. The molecule has 6 heteroatoms. The van der Waals surface area contributed by atoms with Crippen LogP contribution in [0.4, 0.5) is 5.82 Å². The second kappa shape index (κ2) is 8.29. The Morgan fingerprint density at radius 3 is 2.77 bits per heavy atom. The van der Waals surface area contributed by atoms with E-state index >= 15 is 0 Å². The summed E-state index contributed by atoms with van der Waals surface area (Å²) < 4.78 is 5.05. The first-order valence-corrected chi connectivity index (χ1v) is 7.55. The van der Waals surface area contributed by atoms with Gasteiger partial charge in [-0.15, -0.1) is 0 Å². The molecule has 0 aliphatic rings. The molecule has 116 valence electrons. The number of aromatic nitrogens is 2. The van der Waals surface area contributed by atoms with Crippen LogP contribution in [0, 0.1) is 0 Å². The number of hydrogen-bond donors (Lipinski definition) is 2. The summed E-state index contributed by atoms with van der Waals surface area (Å²) in [5.41, 5.74) is 1.33. The fraction of sp³-hybridized carbons (Fsp3) is 0.312. The van der Waals surface area contributed by atoms with Crippen molar-refractivity contribution in [1.82, 2.24) is 15.3 Å². The van der Waals surface area contributed by atoms with Crippen LogP contribution < -0.4 is 15.4 Å². The van der Waals surface area contributed by atoms with Crippen LogP contribution in [-0.4, -0.2) is 28.2 Å². The molecule has 0 bridgehead atoms. The highest BCUT2D eigenvalue weighted by atomic mass is 32.1. The second-order valence-corrected chi connectivity index (χ2v) is 5.38. The first kappa shape index (κ1) is 16.2. The SMILES string of the molecule is COc1cc(NC(=S)N[C@H](C)CCc2ccccc2)ncn1. The Labute approximate surface area is 136 Å². The molecule has 0 saturated heterocycles. The molecule has 0 unspecified atom stereocenters. The third-order valence-corrected chi connectivity index (χ3v) is 3.40. The summed E-state index contributed by atoms with van der Waals surface area (Å²) in [6.07, 6.45) is 3.44. The first-order valence-electron chi connectivity index (χ1n) is 7.15. The Balaban J connectivity index is 1.78. The molecule has 1 aromatic carbocycles. The average Bonchev–Trinajstić information content (AvgIpc) is 2.54. The molecular formula is C16H20N4OS. The van der Waals surface area contributed by atoms with Crippen LogP contribution in [-0.2, 0) is 6.42 Å². The Kier molecular flexibility index (Phi) is 6.09. The van der Waals surface area contributed by atoms with E-state index in [1.54, 1.807) is 13.2 Å². The quantitative estimate of drug-likeness (QED) is 0.799. The van der Waals surface area contributed by atoms with E-state index in [2.05, 4.69) is 51.8 Å². The molecule has 0 saturated carbocycles. The van der Waals surface area contributed by atoms with E-state index in [9.17, 15) is 0 Å². The number of nitrogens with one attached hydrogen (secondary N) is 2. The van der Waals surface area contributed by atoms with Crippen LogP contribution in [0.25, 0.3) is 0 Å². The van der Waals surface area contributed by atoms with Gasteiger partial charge in [0.05, 0.1) is 7.11 Å². The molecule has 2 rings (SSSR count). The molecule has 1 aromatic heterocycles. The number of thiocarbonyl (C=S) groups is 1. The first-order chi connectivity index (χ1) is 10.7. The second-order valence-electron chi connectivity index (χ2n) is 4.97. The lowest BCUT2D eigenvalue weighted by molar-refractivity contribution is 0.397. The minimum atomic E-state index is 0.268. The van der Waals surface area contributed by atoms with Gasteiger partial charge >= 0.3 is 0 Å². The number of benzene rings is 1. The van der Waals surface area contributed by atoms with Crippen LogP contribution in [0.1, 0.15) is 18.9 Å². The van der Waals surface area contributed by atoms with E-state index in [-0.39, 0.29) is 6.04 Å². The number of methoxy groups -OCH3 is 1. The topological polar surface area (TPSA) is 59.1 Å². The number of hydrogen-bond acceptors (Lipinski definition) is 4. The third-order valence-electron chi connectivity index (χ3n) is 3.18. The van der Waals surface area contributed by atoms with E-state index < -0.39 is 0 Å². The fourth-order valence-corrected chi connectivity index (χ4v) is 2.30. The summed E-state index contributed by atoms with van der Waals surface area (Å²) in [5.74, 6) is 1.11. The van der Waals surface area contributed by atoms with Crippen molar-refractivity contribution >= 4 is 23.1 Å². The van der Waals surface area contributed by atoms with E-state index in [4.69, 9.17) is 17.0 Å². The van der Waals surface area contributed by atoms with E-state index in [0.29, 0.717) is 16.8 Å². The van der Waals surface area contributed by atoms with E-state index in [0.717, 1.165) is 12.8 Å². The predicted octanol–water partition coefficient (Wildman–Crippen LogP) is 2.79. The Hall–Kier alpha value is -2.21. The summed E-state index contributed by atoms with van der Waals surface area (Å²) in [6.45, 7) is 2.11. The Morgan fingerprint density at radius 2 is 2.05 bits per heavy atom. The van der Waals surface area contributed by atoms with Gasteiger partial charge in [-0.1, -0.05) is 30.3 Å². The standard InChI is InChI=1S/C16H20N4OS/c1-12(8-9-13-6-4-3-5-7-13)19-16(22)20-14-10-15(21-2)18-11-17-14/h3-7,10-12H,8-9H2,1-2H3,(H2,17,18,19,20,22)/t12-/m1/s1. The lowest BCUT2D eigenvalue weighted by Gasteiger charge is -2.16. The maximum atomic E-state index is 5.30. The minimum Gasteiger partial charge on any atom is -0.481 e. The summed E-state index contributed by atoms with van der Waals surface area (Å²) in [6, 6.07) is 12.4. The third kappa shape index (κ3) is 5.29. The monoisotopic (exact) mass is 316 g/mol. The zero-order valence-electron chi connectivity index (χ0n) is 12.7. The van der Waals surface area contributed by atoms with Gasteiger partial charge in [0.25, 0.3) is 0 Å². The Morgan fingerprint density at radius 1 is 1.27 bits per heavy atom. The van der Waals surface area contributed by atoms with Gasteiger partial charge in [0.15, 0.2) is 5.11 Å². The molecule has 2 N–H and O–H groups in total. The summed E-state index contributed by atoms with van der Waals surface area (Å²) >= 11 is 5.30. The Bertz CT molecular complexity index is 606. The number of rotatable bonds is 6. The van der Waals surface area contributed by atoms with Crippen molar-refractivity contribution in [1.29, 1.82) is 0 Å². The van der Waals surface area contributed by atoms with Gasteiger partial charge < -0.3 is 15.4 Å². The van der Waals surface area contributed by atoms with Gasteiger partial charge in [-0.2, -0.15) is 0 Å². The summed E-state index contributed by atoms with van der Waals surface area (Å²) in [7, 11) is 1.56. The number of ether oxygens (including phenoxy) is 1. The van der Waals surface area contributed by atoms with Crippen LogP contribution >= 0.6 is 12.2 Å². The average molecular weight is 316 g/mol. The van der Waals surface area contributed by atoms with Crippen molar-refractivity contribution in [3.8, 4) is 5.88 Å². The van der Waals surface area contributed by atoms with Crippen molar-refractivity contribution in [3.63, 3.8) is 0 Å². The lowest BCUT2D eigenvalue weighted by Crippen LogP contribution is -2.36. The summed E-state index contributed by atoms with van der Waals surface area (Å²) in [4.78, 5) is 8.05. The number of nitrogens with zero attached hydrogens (tertiary/aromatic N) is 2. The largest absolute Gasteiger partial charge is 0.481 e. The molecule has 0 amide bonds. The zero-order valence-corrected chi connectivity index (χ0v) is 13.6. The highest BCUT2D eigenvalue weighted by molar-refractivity contribution is 7.80. The van der Waals surface area contributed by atoms with Gasteiger partial charge in [0.2, 0.25) is 5.88 Å². The molecule has 5 nitrogen and oxygen atoms in total. The van der Waals surface area contributed by atoms with Gasteiger partial charge in [0.1, 0.15) is 12.1 Å². The lowest BCUT2D eigenvalue weighted by atomic mass is 10.1. The highest BCUT2D eigenvalue weighted by Crippen LogP contribution is 2.10. The molecular weight excluding hydrogens is 296 g/mol. The molecule has 0 aliphatic heterocycles. The highest BCUT2D eigenvalue weighted by Gasteiger charge is 2.06. The maximum Gasteiger partial charge on any atom is 0.218 e. The van der Waals surface area contributed by atoms with Gasteiger partial charge in [0, 0.05) is 12.1 Å². The molecule has 1 atom stereocenters. The molecule has 0 radical (unpaired) electrons. The van der Waals surface area contributed by atoms with Crippen molar-refractivity contribution in [3.05, 3.63) is 48.3 Å². The van der Waals surface area contributed by atoms with Crippen molar-refractivity contribution in [2.24, 2.45) is 0 Å². The van der Waals surface area contributed by atoms with Gasteiger partial charge in [-0.3, -0.25) is 0 Å². The van der Waals surface area contributed by atoms with Crippen molar-refractivity contribution in [2.45, 2.75) is 25.8 Å².